The second-order valence-electron chi connectivity index (χ2n) is 4.66. The zero-order valence-corrected chi connectivity index (χ0v) is 11.3. The zero-order chi connectivity index (χ0) is 13.0. The summed E-state index contributed by atoms with van der Waals surface area (Å²) in [4.78, 5) is 0. The van der Waals surface area contributed by atoms with E-state index in [1.807, 2.05) is 0 Å². The van der Waals surface area contributed by atoms with Gasteiger partial charge in [0.1, 0.15) is 17.2 Å². The van der Waals surface area contributed by atoms with Gasteiger partial charge in [0.15, 0.2) is 0 Å². The van der Waals surface area contributed by atoms with Crippen molar-refractivity contribution in [1.29, 1.82) is 0 Å². The van der Waals surface area contributed by atoms with E-state index in [2.05, 4.69) is 15.2 Å². The minimum Gasteiger partial charge on any atom is -0.361 e. The lowest BCUT2D eigenvalue weighted by Crippen LogP contribution is -2.31. The summed E-state index contributed by atoms with van der Waals surface area (Å²) in [6.07, 6.45) is 3.14. The number of hydrogen-bond donors (Lipinski definition) is 2. The van der Waals surface area contributed by atoms with E-state index in [-0.39, 0.29) is 5.75 Å². The van der Waals surface area contributed by atoms with Gasteiger partial charge in [0.05, 0.1) is 0 Å². The van der Waals surface area contributed by atoms with Crippen LogP contribution in [0.5, 0.6) is 0 Å². The number of sulfonamides is 1. The van der Waals surface area contributed by atoms with Crippen molar-refractivity contribution in [3.8, 4) is 0 Å². The van der Waals surface area contributed by atoms with Crippen molar-refractivity contribution in [1.82, 2.24) is 15.2 Å². The van der Waals surface area contributed by atoms with E-state index >= 15 is 0 Å². The van der Waals surface area contributed by atoms with Gasteiger partial charge in [-0.1, -0.05) is 5.16 Å². The van der Waals surface area contributed by atoms with Crippen LogP contribution in [0, 0.1) is 6.92 Å². The molecule has 102 valence electrons. The summed E-state index contributed by atoms with van der Waals surface area (Å²) in [7, 11) is -3.31. The first kappa shape index (κ1) is 13.5. The average molecular weight is 273 g/mol. The van der Waals surface area contributed by atoms with Crippen LogP contribution in [0.15, 0.2) is 10.6 Å². The number of nitrogens with zero attached hydrogens (tertiary/aromatic N) is 1. The van der Waals surface area contributed by atoms with Crippen LogP contribution >= 0.6 is 0 Å². The molecule has 7 heteroatoms. The fourth-order valence-corrected chi connectivity index (χ4v) is 3.18. The number of hydrogen-bond acceptors (Lipinski definition) is 5. The van der Waals surface area contributed by atoms with Crippen LogP contribution in [-0.4, -0.2) is 32.7 Å². The van der Waals surface area contributed by atoms with Crippen LogP contribution in [0.2, 0.25) is 0 Å². The molecule has 0 amide bonds. The highest BCUT2D eigenvalue weighted by molar-refractivity contribution is 7.88. The standard InChI is InChI=1S/C11H19N3O3S/c1-9-7-11(14-17-9)8-18(15,16)13-6-4-10-3-2-5-12-10/h7,10,12-13H,2-6,8H2,1H3/t10-/m0/s1. The molecule has 18 heavy (non-hydrogen) atoms. The SMILES string of the molecule is Cc1cc(CS(=O)(=O)NCC[C@@H]2CCCN2)no1. The van der Waals surface area contributed by atoms with E-state index in [1.165, 1.54) is 6.42 Å². The highest BCUT2D eigenvalue weighted by Gasteiger charge is 2.17. The van der Waals surface area contributed by atoms with Gasteiger partial charge in [0.25, 0.3) is 0 Å². The van der Waals surface area contributed by atoms with E-state index in [0.717, 1.165) is 19.4 Å². The van der Waals surface area contributed by atoms with Crippen molar-refractivity contribution in [2.75, 3.05) is 13.1 Å². The molecule has 1 aliphatic heterocycles. The Kier molecular flexibility index (Phi) is 4.36. The van der Waals surface area contributed by atoms with Gasteiger partial charge < -0.3 is 9.84 Å². The lowest BCUT2D eigenvalue weighted by atomic mass is 10.2. The molecule has 0 saturated carbocycles. The summed E-state index contributed by atoms with van der Waals surface area (Å²) >= 11 is 0. The highest BCUT2D eigenvalue weighted by Crippen LogP contribution is 2.09. The molecule has 0 aliphatic carbocycles. The molecule has 0 bridgehead atoms. The Morgan fingerprint density at radius 2 is 2.44 bits per heavy atom. The van der Waals surface area contributed by atoms with E-state index in [1.54, 1.807) is 13.0 Å². The topological polar surface area (TPSA) is 84.2 Å². The molecule has 6 nitrogen and oxygen atoms in total. The van der Waals surface area contributed by atoms with Gasteiger partial charge in [-0.25, -0.2) is 13.1 Å². The van der Waals surface area contributed by atoms with Crippen LogP contribution in [0.4, 0.5) is 0 Å². The van der Waals surface area contributed by atoms with Gasteiger partial charge >= 0.3 is 0 Å². The predicted molar refractivity (Wildman–Crippen MR) is 67.5 cm³/mol. The molecule has 0 spiro atoms. The minimum atomic E-state index is -3.31. The lowest BCUT2D eigenvalue weighted by molar-refractivity contribution is 0.392. The predicted octanol–water partition coefficient (Wildman–Crippen LogP) is 0.545. The summed E-state index contributed by atoms with van der Waals surface area (Å²) < 4.78 is 31.0. The van der Waals surface area contributed by atoms with Crippen molar-refractivity contribution >= 4 is 10.0 Å². The third kappa shape index (κ3) is 4.08. The molecular weight excluding hydrogens is 254 g/mol. The molecule has 2 N–H and O–H groups in total. The third-order valence-corrected chi connectivity index (χ3v) is 4.31. The van der Waals surface area contributed by atoms with Crippen LogP contribution in [0.25, 0.3) is 0 Å². The first-order valence-electron chi connectivity index (χ1n) is 6.18. The maximum Gasteiger partial charge on any atom is 0.217 e. The number of rotatable bonds is 6. The fraction of sp³-hybridized carbons (Fsp3) is 0.727. The Bertz CT molecular complexity index is 477. The molecule has 1 aromatic heterocycles. The number of aromatic nitrogens is 1. The summed E-state index contributed by atoms with van der Waals surface area (Å²) in [6, 6.07) is 2.08. The highest BCUT2D eigenvalue weighted by atomic mass is 32.2. The Balaban J connectivity index is 1.76. The van der Waals surface area contributed by atoms with Crippen molar-refractivity contribution in [2.24, 2.45) is 0 Å². The molecule has 1 aliphatic rings. The Labute approximate surface area is 107 Å². The summed E-state index contributed by atoms with van der Waals surface area (Å²) in [6.45, 7) is 3.24. The van der Waals surface area contributed by atoms with Gasteiger partial charge in [-0.3, -0.25) is 0 Å². The molecule has 1 fully saturated rings. The van der Waals surface area contributed by atoms with E-state index in [4.69, 9.17) is 4.52 Å². The summed E-state index contributed by atoms with van der Waals surface area (Å²) in [5.74, 6) is 0.498. The summed E-state index contributed by atoms with van der Waals surface area (Å²) in [5, 5.41) is 7.01. The second kappa shape index (κ2) is 5.81. The number of nitrogens with one attached hydrogen (secondary N) is 2. The van der Waals surface area contributed by atoms with Crippen LogP contribution in [0.3, 0.4) is 0 Å². The first-order chi connectivity index (χ1) is 8.55. The molecule has 1 saturated heterocycles. The molecule has 0 unspecified atom stereocenters. The zero-order valence-electron chi connectivity index (χ0n) is 10.5. The smallest absolute Gasteiger partial charge is 0.217 e. The van der Waals surface area contributed by atoms with Crippen LogP contribution < -0.4 is 10.0 Å². The maximum atomic E-state index is 11.8. The van der Waals surface area contributed by atoms with Gasteiger partial charge in [-0.15, -0.1) is 0 Å². The molecule has 2 rings (SSSR count). The molecule has 1 atom stereocenters. The van der Waals surface area contributed by atoms with E-state index in [0.29, 0.717) is 24.0 Å². The van der Waals surface area contributed by atoms with Gasteiger partial charge in [-0.2, -0.15) is 0 Å². The molecular formula is C11H19N3O3S. The third-order valence-electron chi connectivity index (χ3n) is 2.99. The molecule has 2 heterocycles. The average Bonchev–Trinajstić information content (AvgIpc) is 2.89. The van der Waals surface area contributed by atoms with Gasteiger partial charge in [0, 0.05) is 18.7 Å². The fourth-order valence-electron chi connectivity index (χ4n) is 2.12. The lowest BCUT2D eigenvalue weighted by Gasteiger charge is -2.10. The van der Waals surface area contributed by atoms with Crippen molar-refractivity contribution in [3.63, 3.8) is 0 Å². The summed E-state index contributed by atoms with van der Waals surface area (Å²) in [5.41, 5.74) is 0.444. The maximum absolute atomic E-state index is 11.8. The van der Waals surface area contributed by atoms with E-state index < -0.39 is 10.0 Å². The monoisotopic (exact) mass is 273 g/mol. The van der Waals surface area contributed by atoms with Crippen molar-refractivity contribution in [2.45, 2.75) is 38.0 Å². The Morgan fingerprint density at radius 1 is 1.61 bits per heavy atom. The van der Waals surface area contributed by atoms with E-state index in [9.17, 15) is 8.42 Å². The largest absolute Gasteiger partial charge is 0.361 e. The Hall–Kier alpha value is -0.920. The van der Waals surface area contributed by atoms with Gasteiger partial charge in [-0.05, 0) is 32.7 Å². The first-order valence-corrected chi connectivity index (χ1v) is 7.83. The van der Waals surface area contributed by atoms with Crippen LogP contribution in [-0.2, 0) is 15.8 Å². The van der Waals surface area contributed by atoms with Crippen molar-refractivity contribution in [3.05, 3.63) is 17.5 Å². The quantitative estimate of drug-likeness (QED) is 0.790. The Morgan fingerprint density at radius 3 is 3.06 bits per heavy atom. The van der Waals surface area contributed by atoms with Gasteiger partial charge in [0.2, 0.25) is 10.0 Å². The minimum absolute atomic E-state index is 0.123. The molecule has 1 aromatic rings. The van der Waals surface area contributed by atoms with Crippen LogP contribution in [0.1, 0.15) is 30.7 Å². The number of aryl methyl sites for hydroxylation is 1. The normalized spacial score (nSPS) is 20.4. The molecule has 0 aromatic carbocycles. The second-order valence-corrected chi connectivity index (χ2v) is 6.47. The molecule has 0 radical (unpaired) electrons. The van der Waals surface area contributed by atoms with Crippen molar-refractivity contribution < 1.29 is 12.9 Å².